The summed E-state index contributed by atoms with van der Waals surface area (Å²) < 4.78 is 1.14. The first-order valence-corrected chi connectivity index (χ1v) is 5.11. The van der Waals surface area contributed by atoms with Gasteiger partial charge in [-0.15, -0.1) is 0 Å². The fraction of sp³-hybridized carbons (Fsp3) is 0.200. The SMILES string of the molecule is C[As]c1cnccn1. The second-order valence-electron chi connectivity index (χ2n) is 1.29. The molecule has 0 bridgehead atoms. The third-order valence-corrected chi connectivity index (χ3v) is 2.22. The molecule has 0 unspecified atom stereocenters. The topological polar surface area (TPSA) is 25.8 Å². The second kappa shape index (κ2) is 2.83. The summed E-state index contributed by atoms with van der Waals surface area (Å²) >= 11 is 0.258. The molecule has 0 saturated heterocycles. The minimum atomic E-state index is 0.258. The van der Waals surface area contributed by atoms with Crippen molar-refractivity contribution in [2.45, 2.75) is 5.71 Å². The number of aromatic nitrogens is 2. The van der Waals surface area contributed by atoms with E-state index in [2.05, 4.69) is 15.7 Å². The zero-order chi connectivity index (χ0) is 5.82. The van der Waals surface area contributed by atoms with Crippen molar-refractivity contribution >= 4 is 20.2 Å². The predicted molar refractivity (Wildman–Crippen MR) is 33.3 cm³/mol. The van der Waals surface area contributed by atoms with Gasteiger partial charge in [-0.1, -0.05) is 0 Å². The van der Waals surface area contributed by atoms with E-state index in [1.54, 1.807) is 12.4 Å². The molecule has 1 rings (SSSR count). The standard InChI is InChI=1S/C5H6AsN2/c1-6-5-4-7-2-3-8-5/h2-4H,1H3. The Balaban J connectivity index is 2.83. The van der Waals surface area contributed by atoms with Gasteiger partial charge in [0.25, 0.3) is 0 Å². The van der Waals surface area contributed by atoms with Crippen molar-refractivity contribution < 1.29 is 0 Å². The van der Waals surface area contributed by atoms with Crippen LogP contribution in [0.2, 0.25) is 5.71 Å². The van der Waals surface area contributed by atoms with Crippen molar-refractivity contribution in [2.24, 2.45) is 0 Å². The minimum absolute atomic E-state index is 0.258. The first-order chi connectivity index (χ1) is 3.93. The molecule has 3 heteroatoms. The Morgan fingerprint density at radius 1 is 1.50 bits per heavy atom. The molecule has 8 heavy (non-hydrogen) atoms. The molecule has 1 aromatic heterocycles. The van der Waals surface area contributed by atoms with E-state index in [0.717, 1.165) is 4.48 Å². The summed E-state index contributed by atoms with van der Waals surface area (Å²) in [5.41, 5.74) is 2.15. The van der Waals surface area contributed by atoms with Gasteiger partial charge < -0.3 is 0 Å². The Morgan fingerprint density at radius 2 is 2.38 bits per heavy atom. The van der Waals surface area contributed by atoms with Crippen molar-refractivity contribution in [3.63, 3.8) is 0 Å². The van der Waals surface area contributed by atoms with E-state index in [4.69, 9.17) is 0 Å². The van der Waals surface area contributed by atoms with E-state index in [9.17, 15) is 0 Å². The normalized spacial score (nSPS) is 10.6. The Hall–Kier alpha value is -0.362. The molecule has 1 heterocycles. The molecule has 41 valence electrons. The van der Waals surface area contributed by atoms with Crippen LogP contribution in [0.5, 0.6) is 0 Å². The van der Waals surface area contributed by atoms with E-state index in [0.29, 0.717) is 0 Å². The molecule has 0 spiro atoms. The number of hydrogen-bond acceptors (Lipinski definition) is 2. The van der Waals surface area contributed by atoms with Crippen LogP contribution in [0, 0.1) is 0 Å². The number of hydrogen-bond donors (Lipinski definition) is 0. The van der Waals surface area contributed by atoms with Crippen LogP contribution in [0.3, 0.4) is 0 Å². The molecule has 0 aliphatic heterocycles. The third-order valence-electron chi connectivity index (χ3n) is 0.779. The Labute approximate surface area is 55.0 Å². The van der Waals surface area contributed by atoms with Crippen molar-refractivity contribution in [3.8, 4) is 0 Å². The zero-order valence-corrected chi connectivity index (χ0v) is 6.45. The summed E-state index contributed by atoms with van der Waals surface area (Å²) in [7, 11) is 0. The van der Waals surface area contributed by atoms with Crippen molar-refractivity contribution in [3.05, 3.63) is 18.6 Å². The van der Waals surface area contributed by atoms with Crippen LogP contribution in [-0.4, -0.2) is 25.7 Å². The first-order valence-electron chi connectivity index (χ1n) is 2.29. The maximum atomic E-state index is 4.08. The third kappa shape index (κ3) is 1.31. The Bertz CT molecular complexity index is 152. The van der Waals surface area contributed by atoms with E-state index >= 15 is 0 Å². The summed E-state index contributed by atoms with van der Waals surface area (Å²) in [6, 6.07) is 0. The molecule has 0 N–H and O–H groups in total. The van der Waals surface area contributed by atoms with E-state index in [1.165, 1.54) is 0 Å². The van der Waals surface area contributed by atoms with E-state index in [-0.39, 0.29) is 15.8 Å². The molecular formula is C5H6AsN2. The first kappa shape index (κ1) is 5.77. The average Bonchev–Trinajstić information content (AvgIpc) is 1.90. The summed E-state index contributed by atoms with van der Waals surface area (Å²) in [4.78, 5) is 7.99. The number of rotatable bonds is 1. The van der Waals surface area contributed by atoms with Crippen LogP contribution in [0.25, 0.3) is 0 Å². The van der Waals surface area contributed by atoms with Crippen LogP contribution < -0.4 is 4.48 Å². The van der Waals surface area contributed by atoms with Gasteiger partial charge in [0.05, 0.1) is 0 Å². The summed E-state index contributed by atoms with van der Waals surface area (Å²) in [5, 5.41) is 0. The van der Waals surface area contributed by atoms with Crippen molar-refractivity contribution in [1.29, 1.82) is 0 Å². The summed E-state index contributed by atoms with van der Waals surface area (Å²) in [5.74, 6) is 0. The van der Waals surface area contributed by atoms with Gasteiger partial charge in [0.1, 0.15) is 0 Å². The fourth-order valence-corrected chi connectivity index (χ4v) is 1.17. The molecular weight excluding hydrogens is 163 g/mol. The molecule has 2 nitrogen and oxygen atoms in total. The van der Waals surface area contributed by atoms with Gasteiger partial charge in [0, 0.05) is 0 Å². The van der Waals surface area contributed by atoms with Crippen LogP contribution in [0.4, 0.5) is 0 Å². The molecule has 0 aliphatic rings. The van der Waals surface area contributed by atoms with Crippen molar-refractivity contribution in [2.75, 3.05) is 0 Å². The monoisotopic (exact) mass is 169 g/mol. The van der Waals surface area contributed by atoms with Gasteiger partial charge >= 0.3 is 54.5 Å². The summed E-state index contributed by atoms with van der Waals surface area (Å²) in [6.07, 6.45) is 5.24. The molecule has 0 amide bonds. The fourth-order valence-electron chi connectivity index (χ4n) is 0.407. The zero-order valence-electron chi connectivity index (χ0n) is 4.57. The molecule has 0 aromatic carbocycles. The predicted octanol–water partition coefficient (Wildman–Crippen LogP) is -0.146. The summed E-state index contributed by atoms with van der Waals surface area (Å²) in [6.45, 7) is 0. The second-order valence-corrected chi connectivity index (χ2v) is 3.19. The van der Waals surface area contributed by atoms with Gasteiger partial charge in [0.15, 0.2) is 0 Å². The molecule has 1 aromatic rings. The van der Waals surface area contributed by atoms with Gasteiger partial charge in [-0.2, -0.15) is 0 Å². The van der Waals surface area contributed by atoms with Crippen LogP contribution in [-0.2, 0) is 0 Å². The van der Waals surface area contributed by atoms with Gasteiger partial charge in [-0.05, 0) is 0 Å². The average molecular weight is 169 g/mol. The quantitative estimate of drug-likeness (QED) is 0.546. The van der Waals surface area contributed by atoms with Crippen LogP contribution in [0.15, 0.2) is 18.6 Å². The maximum absolute atomic E-state index is 4.08. The molecule has 1 radical (unpaired) electrons. The molecule has 0 saturated carbocycles. The van der Waals surface area contributed by atoms with Gasteiger partial charge in [0.2, 0.25) is 0 Å². The van der Waals surface area contributed by atoms with Gasteiger partial charge in [-0.25, -0.2) is 0 Å². The molecule has 0 aliphatic carbocycles. The molecule has 0 fully saturated rings. The number of nitrogens with zero attached hydrogens (tertiary/aromatic N) is 2. The van der Waals surface area contributed by atoms with Gasteiger partial charge in [-0.3, -0.25) is 0 Å². The van der Waals surface area contributed by atoms with E-state index < -0.39 is 0 Å². The Morgan fingerprint density at radius 3 is 2.75 bits per heavy atom. The van der Waals surface area contributed by atoms with Crippen LogP contribution >= 0.6 is 0 Å². The van der Waals surface area contributed by atoms with Crippen LogP contribution in [0.1, 0.15) is 0 Å². The Kier molecular flexibility index (Phi) is 2.04. The van der Waals surface area contributed by atoms with Crippen molar-refractivity contribution in [1.82, 2.24) is 9.97 Å². The van der Waals surface area contributed by atoms with E-state index in [1.807, 2.05) is 6.20 Å². The molecule has 0 atom stereocenters.